The predicted octanol–water partition coefficient (Wildman–Crippen LogP) is 2.86. The average Bonchev–Trinajstić information content (AvgIpc) is 2.25. The van der Waals surface area contributed by atoms with E-state index in [1.807, 2.05) is 0 Å². The first-order valence-corrected chi connectivity index (χ1v) is 6.10. The highest BCUT2D eigenvalue weighted by atomic mass is 35.5. The Labute approximate surface area is 115 Å². The second kappa shape index (κ2) is 6.02. The number of benzene rings is 1. The van der Waals surface area contributed by atoms with Crippen LogP contribution in [0.5, 0.6) is 0 Å². The molecule has 0 aliphatic heterocycles. The molecule has 1 rings (SSSR count). The number of carbonyl (C=O) groups excluding carboxylic acids is 1. The van der Waals surface area contributed by atoms with E-state index in [-0.39, 0.29) is 22.5 Å². The van der Waals surface area contributed by atoms with E-state index in [2.05, 4.69) is 0 Å². The minimum Gasteiger partial charge on any atom is -0.479 e. The van der Waals surface area contributed by atoms with Crippen molar-refractivity contribution >= 4 is 23.5 Å². The lowest BCUT2D eigenvalue weighted by Gasteiger charge is -2.32. The fourth-order valence-corrected chi connectivity index (χ4v) is 2.24. The summed E-state index contributed by atoms with van der Waals surface area (Å²) in [4.78, 5) is 24.3. The van der Waals surface area contributed by atoms with Crippen molar-refractivity contribution in [2.75, 3.05) is 0 Å². The number of hydrogen-bond donors (Lipinski definition) is 1. The molecule has 1 unspecified atom stereocenters. The van der Waals surface area contributed by atoms with Crippen molar-refractivity contribution in [1.82, 2.24) is 4.90 Å². The first kappa shape index (κ1) is 15.4. The van der Waals surface area contributed by atoms with Crippen LogP contribution in [0.3, 0.4) is 0 Å². The van der Waals surface area contributed by atoms with Crippen LogP contribution in [0.25, 0.3) is 0 Å². The van der Waals surface area contributed by atoms with Crippen molar-refractivity contribution in [3.8, 4) is 0 Å². The molecule has 4 nitrogen and oxygen atoms in total. The van der Waals surface area contributed by atoms with Gasteiger partial charge in [0.2, 0.25) is 5.91 Å². The van der Waals surface area contributed by atoms with Gasteiger partial charge in [0.1, 0.15) is 5.82 Å². The molecule has 1 aromatic carbocycles. The number of hydrogen-bond acceptors (Lipinski definition) is 2. The Bertz CT molecular complexity index is 505. The molecule has 6 heteroatoms. The molecule has 0 bridgehead atoms. The van der Waals surface area contributed by atoms with E-state index in [1.54, 1.807) is 13.8 Å². The molecule has 1 aromatic rings. The van der Waals surface area contributed by atoms with Gasteiger partial charge in [-0.1, -0.05) is 17.7 Å². The highest BCUT2D eigenvalue weighted by Gasteiger charge is 2.32. The van der Waals surface area contributed by atoms with E-state index >= 15 is 0 Å². The van der Waals surface area contributed by atoms with E-state index in [0.29, 0.717) is 0 Å². The van der Waals surface area contributed by atoms with E-state index in [4.69, 9.17) is 11.6 Å². The third kappa shape index (κ3) is 3.44. The molecule has 0 aromatic heterocycles. The lowest BCUT2D eigenvalue weighted by Crippen LogP contribution is -2.42. The highest BCUT2D eigenvalue weighted by Crippen LogP contribution is 2.30. The number of halogens is 2. The zero-order chi connectivity index (χ0) is 14.7. The molecule has 0 saturated heterocycles. The van der Waals surface area contributed by atoms with E-state index < -0.39 is 17.8 Å². The van der Waals surface area contributed by atoms with Crippen LogP contribution in [0.15, 0.2) is 18.2 Å². The van der Waals surface area contributed by atoms with Crippen LogP contribution < -0.4 is 0 Å². The standard InChI is InChI=1S/C13H15ClFNO3/c1-7(2)16(8(3)17)12(13(18)19)10-5-4-9(15)6-11(10)14/h4-7,12H,1-3H3,(H,18,19). The van der Waals surface area contributed by atoms with Gasteiger partial charge in [-0.2, -0.15) is 0 Å². The van der Waals surface area contributed by atoms with Crippen molar-refractivity contribution in [2.45, 2.75) is 32.9 Å². The van der Waals surface area contributed by atoms with Crippen LogP contribution in [-0.4, -0.2) is 27.9 Å². The molecular formula is C13H15ClFNO3. The van der Waals surface area contributed by atoms with E-state index in [0.717, 1.165) is 12.1 Å². The van der Waals surface area contributed by atoms with Gasteiger partial charge in [0.25, 0.3) is 0 Å². The number of nitrogens with zero attached hydrogens (tertiary/aromatic N) is 1. The number of rotatable bonds is 4. The zero-order valence-electron chi connectivity index (χ0n) is 10.9. The highest BCUT2D eigenvalue weighted by molar-refractivity contribution is 6.31. The molecule has 0 spiro atoms. The van der Waals surface area contributed by atoms with Gasteiger partial charge in [0.15, 0.2) is 6.04 Å². The average molecular weight is 288 g/mol. The zero-order valence-corrected chi connectivity index (χ0v) is 11.6. The molecule has 1 amide bonds. The van der Waals surface area contributed by atoms with Gasteiger partial charge in [-0.3, -0.25) is 4.79 Å². The van der Waals surface area contributed by atoms with Gasteiger partial charge in [-0.05, 0) is 26.0 Å². The maximum atomic E-state index is 13.0. The van der Waals surface area contributed by atoms with Gasteiger partial charge < -0.3 is 10.0 Å². The summed E-state index contributed by atoms with van der Waals surface area (Å²) in [6, 6.07) is 1.89. The summed E-state index contributed by atoms with van der Waals surface area (Å²) in [7, 11) is 0. The minimum atomic E-state index is -1.23. The SMILES string of the molecule is CC(=O)N(C(C)C)C(C(=O)O)c1ccc(F)cc1Cl. The largest absolute Gasteiger partial charge is 0.479 e. The maximum Gasteiger partial charge on any atom is 0.331 e. The molecule has 0 radical (unpaired) electrons. The quantitative estimate of drug-likeness (QED) is 0.926. The maximum absolute atomic E-state index is 13.0. The summed E-state index contributed by atoms with van der Waals surface area (Å²) in [6.45, 7) is 4.69. The van der Waals surface area contributed by atoms with Gasteiger partial charge in [0.05, 0.1) is 0 Å². The van der Waals surface area contributed by atoms with Gasteiger partial charge >= 0.3 is 5.97 Å². The normalized spacial score (nSPS) is 12.3. The molecule has 0 heterocycles. The van der Waals surface area contributed by atoms with Crippen LogP contribution in [-0.2, 0) is 9.59 Å². The van der Waals surface area contributed by atoms with Crippen LogP contribution in [0.2, 0.25) is 5.02 Å². The molecule has 0 saturated carbocycles. The Kier molecular flexibility index (Phi) is 4.89. The molecule has 1 N–H and O–H groups in total. The summed E-state index contributed by atoms with van der Waals surface area (Å²) < 4.78 is 13.0. The van der Waals surface area contributed by atoms with Crippen LogP contribution in [0.4, 0.5) is 4.39 Å². The van der Waals surface area contributed by atoms with Crippen molar-refractivity contribution in [3.05, 3.63) is 34.6 Å². The van der Waals surface area contributed by atoms with Crippen molar-refractivity contribution in [1.29, 1.82) is 0 Å². The summed E-state index contributed by atoms with van der Waals surface area (Å²) in [5.41, 5.74) is 0.194. The Hall–Kier alpha value is -1.62. The number of carboxylic acid groups (broad SMARTS) is 1. The van der Waals surface area contributed by atoms with Crippen LogP contribution in [0, 0.1) is 5.82 Å². The van der Waals surface area contributed by atoms with Gasteiger partial charge in [0, 0.05) is 23.6 Å². The van der Waals surface area contributed by atoms with Crippen molar-refractivity contribution in [3.63, 3.8) is 0 Å². The molecule has 0 aliphatic carbocycles. The number of carboxylic acids is 1. The second-order valence-electron chi connectivity index (χ2n) is 4.43. The Morgan fingerprint density at radius 3 is 2.32 bits per heavy atom. The molecule has 104 valence electrons. The second-order valence-corrected chi connectivity index (χ2v) is 4.83. The Morgan fingerprint density at radius 1 is 1.37 bits per heavy atom. The Morgan fingerprint density at radius 2 is 1.95 bits per heavy atom. The lowest BCUT2D eigenvalue weighted by atomic mass is 10.0. The van der Waals surface area contributed by atoms with Gasteiger partial charge in [-0.25, -0.2) is 9.18 Å². The number of aliphatic carboxylic acids is 1. The minimum absolute atomic E-state index is 0.0145. The lowest BCUT2D eigenvalue weighted by molar-refractivity contribution is -0.151. The predicted molar refractivity (Wildman–Crippen MR) is 69.4 cm³/mol. The number of carbonyl (C=O) groups is 2. The third-order valence-electron chi connectivity index (χ3n) is 2.69. The summed E-state index contributed by atoms with van der Waals surface area (Å²) in [5, 5.41) is 9.33. The van der Waals surface area contributed by atoms with Crippen molar-refractivity contribution in [2.24, 2.45) is 0 Å². The molecule has 0 aliphatic rings. The molecule has 0 fully saturated rings. The summed E-state index contributed by atoms with van der Waals surface area (Å²) in [5.74, 6) is -2.16. The third-order valence-corrected chi connectivity index (χ3v) is 3.02. The van der Waals surface area contributed by atoms with Crippen LogP contribution in [0.1, 0.15) is 32.4 Å². The van der Waals surface area contributed by atoms with E-state index in [1.165, 1.54) is 17.9 Å². The van der Waals surface area contributed by atoms with E-state index in [9.17, 15) is 19.1 Å². The van der Waals surface area contributed by atoms with Crippen molar-refractivity contribution < 1.29 is 19.1 Å². The fraction of sp³-hybridized carbons (Fsp3) is 0.385. The first-order valence-electron chi connectivity index (χ1n) is 5.72. The fourth-order valence-electron chi connectivity index (χ4n) is 1.97. The summed E-state index contributed by atoms with van der Waals surface area (Å²) in [6.07, 6.45) is 0. The first-order chi connectivity index (χ1) is 8.75. The molecule has 19 heavy (non-hydrogen) atoms. The topological polar surface area (TPSA) is 57.6 Å². The molecule has 1 atom stereocenters. The van der Waals surface area contributed by atoms with Gasteiger partial charge in [-0.15, -0.1) is 0 Å². The molecular weight excluding hydrogens is 273 g/mol. The number of amides is 1. The smallest absolute Gasteiger partial charge is 0.331 e. The summed E-state index contributed by atoms with van der Waals surface area (Å²) >= 11 is 5.88. The monoisotopic (exact) mass is 287 g/mol. The van der Waals surface area contributed by atoms with Crippen LogP contribution >= 0.6 is 11.6 Å². The Balaban J connectivity index is 3.34.